The van der Waals surface area contributed by atoms with Gasteiger partial charge in [-0.1, -0.05) is 42.5 Å². The van der Waals surface area contributed by atoms with E-state index in [2.05, 4.69) is 48.5 Å². The van der Waals surface area contributed by atoms with Crippen LogP contribution in [0.15, 0.2) is 73.1 Å². The summed E-state index contributed by atoms with van der Waals surface area (Å²) in [7, 11) is 0. The molecule has 0 atom stereocenters. The van der Waals surface area contributed by atoms with Crippen LogP contribution in [0.2, 0.25) is 0 Å². The predicted molar refractivity (Wildman–Crippen MR) is 80.4 cm³/mol. The predicted octanol–water partition coefficient (Wildman–Crippen LogP) is 3.88. The first-order valence-corrected chi connectivity index (χ1v) is 6.61. The highest BCUT2D eigenvalue weighted by atomic mass is 16.1. The second kappa shape index (κ2) is 5.57. The van der Waals surface area contributed by atoms with Gasteiger partial charge in [0, 0.05) is 23.6 Å². The van der Waals surface area contributed by atoms with Gasteiger partial charge in [-0.2, -0.15) is 0 Å². The summed E-state index contributed by atoms with van der Waals surface area (Å²) < 4.78 is 1.95. The number of hydrogen-bond acceptors (Lipinski definition) is 1. The second-order valence-electron chi connectivity index (χ2n) is 4.80. The highest BCUT2D eigenvalue weighted by Gasteiger charge is 2.00. The van der Waals surface area contributed by atoms with Gasteiger partial charge >= 0.3 is 0 Å². The van der Waals surface area contributed by atoms with E-state index in [4.69, 9.17) is 0 Å². The number of rotatable bonds is 4. The molecule has 2 heteroatoms. The van der Waals surface area contributed by atoms with Gasteiger partial charge in [-0.3, -0.25) is 4.79 Å². The van der Waals surface area contributed by atoms with Crippen LogP contribution >= 0.6 is 0 Å². The lowest BCUT2D eigenvalue weighted by atomic mass is 10.0. The van der Waals surface area contributed by atoms with Gasteiger partial charge in [0.25, 0.3) is 0 Å². The van der Waals surface area contributed by atoms with E-state index in [9.17, 15) is 4.79 Å². The van der Waals surface area contributed by atoms with Crippen molar-refractivity contribution < 1.29 is 4.79 Å². The zero-order chi connectivity index (χ0) is 13.8. The first-order chi connectivity index (χ1) is 9.85. The number of nitrogens with zero attached hydrogens (tertiary/aromatic N) is 1. The number of aromatic nitrogens is 1. The van der Waals surface area contributed by atoms with Gasteiger partial charge in [0.2, 0.25) is 0 Å². The van der Waals surface area contributed by atoms with E-state index in [1.165, 1.54) is 11.1 Å². The van der Waals surface area contributed by atoms with E-state index >= 15 is 0 Å². The molecule has 0 unspecified atom stereocenters. The maximum atomic E-state index is 10.7. The molecule has 2 nitrogen and oxygen atoms in total. The van der Waals surface area contributed by atoms with Crippen LogP contribution in [0.4, 0.5) is 0 Å². The minimum Gasteiger partial charge on any atom is -0.323 e. The summed E-state index contributed by atoms with van der Waals surface area (Å²) in [6, 6.07) is 20.6. The van der Waals surface area contributed by atoms with Crippen molar-refractivity contribution in [3.05, 3.63) is 89.7 Å². The molecular weight excluding hydrogens is 246 g/mol. The van der Waals surface area contributed by atoms with Gasteiger partial charge in [0.05, 0.1) is 0 Å². The molecule has 0 amide bonds. The minimum atomic E-state index is 0.693. The molecule has 0 radical (unpaired) electrons. The van der Waals surface area contributed by atoms with Crippen molar-refractivity contribution in [2.75, 3.05) is 0 Å². The lowest BCUT2D eigenvalue weighted by Crippen LogP contribution is -1.92. The third kappa shape index (κ3) is 2.69. The quantitative estimate of drug-likeness (QED) is 0.653. The van der Waals surface area contributed by atoms with Crippen LogP contribution in [0.25, 0.3) is 5.69 Å². The van der Waals surface area contributed by atoms with Crippen molar-refractivity contribution in [2.24, 2.45) is 0 Å². The van der Waals surface area contributed by atoms with Gasteiger partial charge in [-0.25, -0.2) is 0 Å². The zero-order valence-corrected chi connectivity index (χ0v) is 11.1. The Labute approximate surface area is 118 Å². The van der Waals surface area contributed by atoms with Crippen molar-refractivity contribution in [1.82, 2.24) is 4.57 Å². The Balaban J connectivity index is 1.79. The Bertz CT molecular complexity index is 696. The first kappa shape index (κ1) is 12.4. The van der Waals surface area contributed by atoms with E-state index in [0.717, 1.165) is 18.4 Å². The smallest absolute Gasteiger partial charge is 0.151 e. The third-order valence-electron chi connectivity index (χ3n) is 3.34. The lowest BCUT2D eigenvalue weighted by Gasteiger charge is -2.05. The molecule has 98 valence electrons. The Morgan fingerprint density at radius 1 is 0.850 bits per heavy atom. The fourth-order valence-corrected chi connectivity index (χ4v) is 2.26. The summed E-state index contributed by atoms with van der Waals surface area (Å²) in [6.07, 6.45) is 5.53. The van der Waals surface area contributed by atoms with Crippen molar-refractivity contribution in [3.63, 3.8) is 0 Å². The summed E-state index contributed by atoms with van der Waals surface area (Å²) in [6.45, 7) is 0. The maximum absolute atomic E-state index is 10.7. The average molecular weight is 261 g/mol. The maximum Gasteiger partial charge on any atom is 0.151 e. The van der Waals surface area contributed by atoms with Crippen molar-refractivity contribution in [3.8, 4) is 5.69 Å². The number of aldehydes is 1. The molecule has 0 spiro atoms. The molecule has 0 saturated carbocycles. The Morgan fingerprint density at radius 3 is 2.20 bits per heavy atom. The van der Waals surface area contributed by atoms with Crippen molar-refractivity contribution in [1.29, 1.82) is 0 Å². The number of benzene rings is 2. The van der Waals surface area contributed by atoms with E-state index in [-0.39, 0.29) is 0 Å². The van der Waals surface area contributed by atoms with Crippen LogP contribution < -0.4 is 0 Å². The van der Waals surface area contributed by atoms with E-state index < -0.39 is 0 Å². The molecule has 0 saturated heterocycles. The molecule has 3 aromatic rings. The summed E-state index contributed by atoms with van der Waals surface area (Å²) in [5, 5.41) is 0. The number of hydrogen-bond donors (Lipinski definition) is 0. The van der Waals surface area contributed by atoms with Crippen LogP contribution in [0.1, 0.15) is 21.5 Å². The first-order valence-electron chi connectivity index (χ1n) is 6.61. The van der Waals surface area contributed by atoms with Gasteiger partial charge in [0.15, 0.2) is 6.29 Å². The molecule has 0 aliphatic heterocycles. The van der Waals surface area contributed by atoms with Gasteiger partial charge in [-0.15, -0.1) is 0 Å². The molecular formula is C18H15NO. The molecule has 0 fully saturated rings. The molecule has 3 rings (SSSR count). The standard InChI is InChI=1S/C18H15NO/c20-14-17-10-11-19(13-17)18-8-6-16(7-9-18)12-15-4-2-1-3-5-15/h1-11,13-14H,12H2. The minimum absolute atomic E-state index is 0.693. The fraction of sp³-hybridized carbons (Fsp3) is 0.0556. The zero-order valence-electron chi connectivity index (χ0n) is 11.1. The molecule has 20 heavy (non-hydrogen) atoms. The highest BCUT2D eigenvalue weighted by Crippen LogP contribution is 2.14. The Hall–Kier alpha value is -2.61. The van der Waals surface area contributed by atoms with Gasteiger partial charge in [0.1, 0.15) is 0 Å². The molecule has 2 aromatic carbocycles. The molecule has 0 aliphatic carbocycles. The van der Waals surface area contributed by atoms with Crippen LogP contribution in [-0.4, -0.2) is 10.9 Å². The Morgan fingerprint density at radius 2 is 1.55 bits per heavy atom. The molecule has 1 aromatic heterocycles. The topological polar surface area (TPSA) is 22.0 Å². The van der Waals surface area contributed by atoms with Crippen LogP contribution in [-0.2, 0) is 6.42 Å². The number of carbonyl (C=O) groups is 1. The summed E-state index contributed by atoms with van der Waals surface area (Å²) >= 11 is 0. The normalized spacial score (nSPS) is 10.4. The van der Waals surface area contributed by atoms with Gasteiger partial charge < -0.3 is 4.57 Å². The molecule has 1 heterocycles. The molecule has 0 aliphatic rings. The third-order valence-corrected chi connectivity index (χ3v) is 3.34. The van der Waals surface area contributed by atoms with Crippen LogP contribution in [0.3, 0.4) is 0 Å². The monoisotopic (exact) mass is 261 g/mol. The average Bonchev–Trinajstić information content (AvgIpc) is 2.98. The van der Waals surface area contributed by atoms with E-state index in [0.29, 0.717) is 5.56 Å². The van der Waals surface area contributed by atoms with Crippen LogP contribution in [0.5, 0.6) is 0 Å². The summed E-state index contributed by atoms with van der Waals surface area (Å²) in [5.41, 5.74) is 4.35. The fourth-order valence-electron chi connectivity index (χ4n) is 2.26. The second-order valence-corrected chi connectivity index (χ2v) is 4.80. The largest absolute Gasteiger partial charge is 0.323 e. The summed E-state index contributed by atoms with van der Waals surface area (Å²) in [4.78, 5) is 10.7. The molecule has 0 bridgehead atoms. The van der Waals surface area contributed by atoms with E-state index in [1.807, 2.05) is 29.1 Å². The summed E-state index contributed by atoms with van der Waals surface area (Å²) in [5.74, 6) is 0. The van der Waals surface area contributed by atoms with Crippen molar-refractivity contribution >= 4 is 6.29 Å². The van der Waals surface area contributed by atoms with Gasteiger partial charge in [-0.05, 0) is 35.7 Å². The molecule has 0 N–H and O–H groups in total. The highest BCUT2D eigenvalue weighted by molar-refractivity contribution is 5.74. The lowest BCUT2D eigenvalue weighted by molar-refractivity contribution is 0.112. The van der Waals surface area contributed by atoms with E-state index in [1.54, 1.807) is 0 Å². The van der Waals surface area contributed by atoms with Crippen LogP contribution in [0, 0.1) is 0 Å². The van der Waals surface area contributed by atoms with Crippen molar-refractivity contribution in [2.45, 2.75) is 6.42 Å². The Kier molecular flexibility index (Phi) is 3.46. The number of carbonyl (C=O) groups excluding carboxylic acids is 1. The SMILES string of the molecule is O=Cc1ccn(-c2ccc(Cc3ccccc3)cc2)c1.